The van der Waals surface area contributed by atoms with Gasteiger partial charge in [0.2, 0.25) is 0 Å². The summed E-state index contributed by atoms with van der Waals surface area (Å²) in [4.78, 5) is 24.5. The third-order valence-corrected chi connectivity index (χ3v) is 3.52. The van der Waals surface area contributed by atoms with Crippen LogP contribution in [0.2, 0.25) is 0 Å². The summed E-state index contributed by atoms with van der Waals surface area (Å²) in [6, 6.07) is 12.8. The van der Waals surface area contributed by atoms with Crippen LogP contribution in [0.25, 0.3) is 11.4 Å². The van der Waals surface area contributed by atoms with Crippen LogP contribution in [0.15, 0.2) is 67.3 Å². The zero-order chi connectivity index (χ0) is 18.2. The predicted molar refractivity (Wildman–Crippen MR) is 95.5 cm³/mol. The summed E-state index contributed by atoms with van der Waals surface area (Å²) in [7, 11) is 0. The minimum absolute atomic E-state index is 0.0655. The van der Waals surface area contributed by atoms with Gasteiger partial charge in [-0.15, -0.1) is 0 Å². The first-order valence-corrected chi connectivity index (χ1v) is 8.09. The molecule has 7 heteroatoms. The molecule has 1 amide bonds. The monoisotopic (exact) mass is 350 g/mol. The third kappa shape index (κ3) is 4.84. The van der Waals surface area contributed by atoms with E-state index in [9.17, 15) is 9.90 Å². The molecule has 2 N–H and O–H groups in total. The average Bonchev–Trinajstić information content (AvgIpc) is 2.72. The minimum atomic E-state index is -0.824. The highest BCUT2D eigenvalue weighted by Crippen LogP contribution is 2.12. The van der Waals surface area contributed by atoms with E-state index in [4.69, 9.17) is 4.74 Å². The Morgan fingerprint density at radius 3 is 2.54 bits per heavy atom. The van der Waals surface area contributed by atoms with Gasteiger partial charge in [-0.2, -0.15) is 0 Å². The molecule has 0 unspecified atom stereocenters. The largest absolute Gasteiger partial charge is 0.491 e. The summed E-state index contributed by atoms with van der Waals surface area (Å²) in [6.07, 6.45) is 5.38. The van der Waals surface area contributed by atoms with Gasteiger partial charge >= 0.3 is 0 Å². The molecule has 0 aliphatic carbocycles. The lowest BCUT2D eigenvalue weighted by molar-refractivity contribution is 0.0843. The predicted octanol–water partition coefficient (Wildman–Crippen LogP) is 1.71. The van der Waals surface area contributed by atoms with Gasteiger partial charge in [-0.05, 0) is 24.3 Å². The molecule has 0 radical (unpaired) electrons. The maximum absolute atomic E-state index is 12.1. The van der Waals surface area contributed by atoms with Gasteiger partial charge in [-0.1, -0.05) is 18.2 Å². The number of aromatic nitrogens is 3. The SMILES string of the molecule is O=C(NC[C@H](O)COc1ccccc1)c1cnc(-c2cccnc2)nc1. The molecule has 2 aromatic heterocycles. The summed E-state index contributed by atoms with van der Waals surface area (Å²) in [5.41, 5.74) is 1.08. The fraction of sp³-hybridized carbons (Fsp3) is 0.158. The molecule has 1 atom stereocenters. The van der Waals surface area contributed by atoms with Crippen molar-refractivity contribution in [2.24, 2.45) is 0 Å². The van der Waals surface area contributed by atoms with Crippen LogP contribution >= 0.6 is 0 Å². The van der Waals surface area contributed by atoms with Crippen LogP contribution in [0.5, 0.6) is 5.75 Å². The Hall–Kier alpha value is -3.32. The molecular weight excluding hydrogens is 332 g/mol. The van der Waals surface area contributed by atoms with E-state index in [1.807, 2.05) is 24.3 Å². The fourth-order valence-electron chi connectivity index (χ4n) is 2.17. The van der Waals surface area contributed by atoms with Crippen LogP contribution in [0.4, 0.5) is 0 Å². The third-order valence-electron chi connectivity index (χ3n) is 3.52. The van der Waals surface area contributed by atoms with E-state index in [0.717, 1.165) is 5.56 Å². The molecule has 0 spiro atoms. The van der Waals surface area contributed by atoms with Crippen LogP contribution in [0.1, 0.15) is 10.4 Å². The van der Waals surface area contributed by atoms with Crippen molar-refractivity contribution in [2.75, 3.05) is 13.2 Å². The molecule has 0 aliphatic heterocycles. The second-order valence-corrected chi connectivity index (χ2v) is 5.52. The van der Waals surface area contributed by atoms with Crippen LogP contribution in [-0.4, -0.2) is 45.2 Å². The number of amides is 1. The van der Waals surface area contributed by atoms with Gasteiger partial charge in [0, 0.05) is 36.9 Å². The molecule has 26 heavy (non-hydrogen) atoms. The van der Waals surface area contributed by atoms with E-state index >= 15 is 0 Å². The molecule has 132 valence electrons. The van der Waals surface area contributed by atoms with E-state index in [1.54, 1.807) is 30.6 Å². The van der Waals surface area contributed by atoms with Crippen LogP contribution in [0.3, 0.4) is 0 Å². The molecule has 2 heterocycles. The van der Waals surface area contributed by atoms with Gasteiger partial charge in [0.25, 0.3) is 5.91 Å². The van der Waals surface area contributed by atoms with Gasteiger partial charge in [0.05, 0.1) is 5.56 Å². The Labute approximate surface area is 150 Å². The molecule has 0 saturated heterocycles. The molecular formula is C19H18N4O3. The second kappa shape index (κ2) is 8.68. The first kappa shape index (κ1) is 17.5. The molecule has 0 fully saturated rings. The number of para-hydroxylation sites is 1. The topological polar surface area (TPSA) is 97.2 Å². The number of nitrogens with zero attached hydrogens (tertiary/aromatic N) is 3. The Kier molecular flexibility index (Phi) is 5.84. The van der Waals surface area contributed by atoms with Gasteiger partial charge in [0.15, 0.2) is 5.82 Å². The highest BCUT2D eigenvalue weighted by Gasteiger charge is 2.11. The fourth-order valence-corrected chi connectivity index (χ4v) is 2.17. The first-order valence-electron chi connectivity index (χ1n) is 8.09. The molecule has 3 aromatic rings. The number of carbonyl (C=O) groups excluding carboxylic acids is 1. The number of aliphatic hydroxyl groups is 1. The number of benzene rings is 1. The van der Waals surface area contributed by atoms with E-state index in [1.165, 1.54) is 12.4 Å². The van der Waals surface area contributed by atoms with Crippen molar-refractivity contribution in [3.8, 4) is 17.1 Å². The van der Waals surface area contributed by atoms with Crippen molar-refractivity contribution in [2.45, 2.75) is 6.10 Å². The first-order chi connectivity index (χ1) is 12.7. The zero-order valence-corrected chi connectivity index (χ0v) is 13.9. The smallest absolute Gasteiger partial charge is 0.254 e. The van der Waals surface area contributed by atoms with Gasteiger partial charge in [-0.25, -0.2) is 9.97 Å². The summed E-state index contributed by atoms with van der Waals surface area (Å²) in [5, 5.41) is 12.6. The van der Waals surface area contributed by atoms with Gasteiger partial charge < -0.3 is 15.2 Å². The number of hydrogen-bond acceptors (Lipinski definition) is 6. The van der Waals surface area contributed by atoms with Crippen LogP contribution in [-0.2, 0) is 0 Å². The van der Waals surface area contributed by atoms with E-state index in [2.05, 4.69) is 20.3 Å². The molecule has 1 aromatic carbocycles. The number of aliphatic hydroxyl groups excluding tert-OH is 1. The van der Waals surface area contributed by atoms with Gasteiger partial charge in [0.1, 0.15) is 18.5 Å². The summed E-state index contributed by atoms with van der Waals surface area (Å²) < 4.78 is 5.44. The molecule has 3 rings (SSSR count). The summed E-state index contributed by atoms with van der Waals surface area (Å²) in [5.74, 6) is 0.796. The van der Waals surface area contributed by atoms with Crippen molar-refractivity contribution >= 4 is 5.91 Å². The highest BCUT2D eigenvalue weighted by molar-refractivity contribution is 5.93. The van der Waals surface area contributed by atoms with Crippen molar-refractivity contribution < 1.29 is 14.6 Å². The number of rotatable bonds is 7. The number of pyridine rings is 1. The summed E-state index contributed by atoms with van der Waals surface area (Å²) >= 11 is 0. The molecule has 0 bridgehead atoms. The molecule has 0 aliphatic rings. The zero-order valence-electron chi connectivity index (χ0n) is 13.9. The lowest BCUT2D eigenvalue weighted by atomic mass is 10.2. The molecule has 7 nitrogen and oxygen atoms in total. The Bertz CT molecular complexity index is 826. The Balaban J connectivity index is 1.48. The quantitative estimate of drug-likeness (QED) is 0.673. The van der Waals surface area contributed by atoms with Crippen molar-refractivity contribution in [3.63, 3.8) is 0 Å². The Morgan fingerprint density at radius 2 is 1.85 bits per heavy atom. The standard InChI is InChI=1S/C19H18N4O3/c24-16(13-26-17-6-2-1-3-7-17)12-23-19(25)15-10-21-18(22-11-15)14-5-4-8-20-9-14/h1-11,16,24H,12-13H2,(H,23,25)/t16-/m0/s1. The lowest BCUT2D eigenvalue weighted by Gasteiger charge is -2.13. The van der Waals surface area contributed by atoms with E-state index in [-0.39, 0.29) is 19.1 Å². The maximum atomic E-state index is 12.1. The normalized spacial score (nSPS) is 11.6. The lowest BCUT2D eigenvalue weighted by Crippen LogP contribution is -2.35. The van der Waals surface area contributed by atoms with Crippen LogP contribution in [0, 0.1) is 0 Å². The minimum Gasteiger partial charge on any atom is -0.491 e. The highest BCUT2D eigenvalue weighted by atomic mass is 16.5. The number of ether oxygens (including phenoxy) is 1. The van der Waals surface area contributed by atoms with Gasteiger partial charge in [-0.3, -0.25) is 9.78 Å². The van der Waals surface area contributed by atoms with E-state index < -0.39 is 6.10 Å². The number of carbonyl (C=O) groups is 1. The van der Waals surface area contributed by atoms with Crippen molar-refractivity contribution in [3.05, 3.63) is 72.8 Å². The molecule has 0 saturated carbocycles. The Morgan fingerprint density at radius 1 is 1.08 bits per heavy atom. The van der Waals surface area contributed by atoms with Crippen molar-refractivity contribution in [1.29, 1.82) is 0 Å². The van der Waals surface area contributed by atoms with Crippen molar-refractivity contribution in [1.82, 2.24) is 20.3 Å². The number of hydrogen-bond donors (Lipinski definition) is 2. The summed E-state index contributed by atoms with van der Waals surface area (Å²) in [6.45, 7) is 0.150. The van der Waals surface area contributed by atoms with E-state index in [0.29, 0.717) is 17.1 Å². The average molecular weight is 350 g/mol. The maximum Gasteiger partial charge on any atom is 0.254 e. The number of nitrogens with one attached hydrogen (secondary N) is 1. The van der Waals surface area contributed by atoms with Crippen LogP contribution < -0.4 is 10.1 Å². The second-order valence-electron chi connectivity index (χ2n) is 5.52.